The molecule has 13 heavy (non-hydrogen) atoms. The number of aryl methyl sites for hydroxylation is 1. The minimum absolute atomic E-state index is 0.618. The van der Waals surface area contributed by atoms with Crippen molar-refractivity contribution in [3.63, 3.8) is 0 Å². The Kier molecular flexibility index (Phi) is 3.76. The molecule has 0 fully saturated rings. The highest BCUT2D eigenvalue weighted by Gasteiger charge is 2.00. The van der Waals surface area contributed by atoms with Gasteiger partial charge in [-0.3, -0.25) is 4.68 Å². The molecule has 1 atom stereocenters. The normalized spacial score (nSPS) is 12.8. The van der Waals surface area contributed by atoms with E-state index < -0.39 is 0 Å². The van der Waals surface area contributed by atoms with Gasteiger partial charge in [-0.25, -0.2) is 0 Å². The third-order valence-electron chi connectivity index (χ3n) is 1.90. The maximum absolute atomic E-state index is 4.23. The van der Waals surface area contributed by atoms with Gasteiger partial charge in [0.15, 0.2) is 0 Å². The molecule has 0 aliphatic heterocycles. The van der Waals surface area contributed by atoms with E-state index in [2.05, 4.69) is 22.7 Å². The molecule has 0 aromatic carbocycles. The molecule has 0 aliphatic rings. The second kappa shape index (κ2) is 4.87. The molecule has 0 saturated heterocycles. The van der Waals surface area contributed by atoms with Crippen LogP contribution in [0.4, 0.5) is 5.82 Å². The monoisotopic (exact) mass is 182 g/mol. The van der Waals surface area contributed by atoms with E-state index in [9.17, 15) is 0 Å². The second-order valence-electron chi connectivity index (χ2n) is 3.42. The first-order chi connectivity index (χ1) is 6.22. The summed E-state index contributed by atoms with van der Waals surface area (Å²) in [5, 5.41) is 10.6. The van der Waals surface area contributed by atoms with Crippen LogP contribution in [0.2, 0.25) is 0 Å². The summed E-state index contributed by atoms with van der Waals surface area (Å²) in [6.07, 6.45) is 1.94. The van der Waals surface area contributed by atoms with E-state index in [1.54, 1.807) is 4.68 Å². The molecule has 0 spiro atoms. The summed E-state index contributed by atoms with van der Waals surface area (Å²) >= 11 is 0. The predicted molar refractivity (Wildman–Crippen MR) is 54.8 cm³/mol. The zero-order valence-corrected chi connectivity index (χ0v) is 8.54. The first-order valence-corrected chi connectivity index (χ1v) is 4.60. The van der Waals surface area contributed by atoms with Gasteiger partial charge in [-0.05, 0) is 19.5 Å². The Bertz CT molecular complexity index is 244. The molecule has 74 valence electrons. The van der Waals surface area contributed by atoms with Crippen molar-refractivity contribution >= 4 is 5.82 Å². The Morgan fingerprint density at radius 1 is 1.54 bits per heavy atom. The van der Waals surface area contributed by atoms with Gasteiger partial charge < -0.3 is 10.6 Å². The quantitative estimate of drug-likeness (QED) is 0.704. The fraction of sp³-hybridized carbons (Fsp3) is 0.667. The van der Waals surface area contributed by atoms with Crippen LogP contribution >= 0.6 is 0 Å². The molecule has 1 rings (SSSR count). The van der Waals surface area contributed by atoms with Crippen LogP contribution in [0.25, 0.3) is 0 Å². The van der Waals surface area contributed by atoms with Crippen molar-refractivity contribution in [3.05, 3.63) is 12.3 Å². The van der Waals surface area contributed by atoms with Crippen molar-refractivity contribution < 1.29 is 0 Å². The minimum Gasteiger partial charge on any atom is -0.368 e. The Morgan fingerprint density at radius 3 is 2.85 bits per heavy atom. The summed E-state index contributed by atoms with van der Waals surface area (Å²) in [4.78, 5) is 0. The van der Waals surface area contributed by atoms with E-state index in [0.717, 1.165) is 18.9 Å². The number of anilines is 1. The SMILES string of the molecule is CNCC(C)CNc1ccn(C)n1. The van der Waals surface area contributed by atoms with Crippen molar-refractivity contribution in [2.24, 2.45) is 13.0 Å². The van der Waals surface area contributed by atoms with Crippen LogP contribution in [0, 0.1) is 5.92 Å². The maximum Gasteiger partial charge on any atom is 0.147 e. The van der Waals surface area contributed by atoms with Crippen molar-refractivity contribution in [1.82, 2.24) is 15.1 Å². The standard InChI is InChI=1S/C9H18N4/c1-8(6-10-2)7-11-9-4-5-13(3)12-9/h4-5,8,10H,6-7H2,1-3H3,(H,11,12). The van der Waals surface area contributed by atoms with Gasteiger partial charge in [-0.2, -0.15) is 5.10 Å². The number of hydrogen-bond donors (Lipinski definition) is 2. The van der Waals surface area contributed by atoms with Gasteiger partial charge in [0.25, 0.3) is 0 Å². The van der Waals surface area contributed by atoms with E-state index in [1.165, 1.54) is 0 Å². The van der Waals surface area contributed by atoms with Gasteiger partial charge >= 0.3 is 0 Å². The zero-order valence-electron chi connectivity index (χ0n) is 8.54. The van der Waals surface area contributed by atoms with E-state index in [1.807, 2.05) is 26.4 Å². The number of rotatable bonds is 5. The Labute approximate surface area is 79.3 Å². The van der Waals surface area contributed by atoms with E-state index >= 15 is 0 Å². The Balaban J connectivity index is 2.26. The van der Waals surface area contributed by atoms with Crippen molar-refractivity contribution in [2.45, 2.75) is 6.92 Å². The van der Waals surface area contributed by atoms with Crippen molar-refractivity contribution in [2.75, 3.05) is 25.5 Å². The number of nitrogens with one attached hydrogen (secondary N) is 2. The highest BCUT2D eigenvalue weighted by atomic mass is 15.3. The summed E-state index contributed by atoms with van der Waals surface area (Å²) in [5.41, 5.74) is 0. The van der Waals surface area contributed by atoms with Crippen LogP contribution in [0.3, 0.4) is 0 Å². The average Bonchev–Trinajstić information content (AvgIpc) is 2.49. The van der Waals surface area contributed by atoms with Gasteiger partial charge in [-0.15, -0.1) is 0 Å². The number of hydrogen-bond acceptors (Lipinski definition) is 3. The largest absolute Gasteiger partial charge is 0.368 e. The Morgan fingerprint density at radius 2 is 2.31 bits per heavy atom. The summed E-state index contributed by atoms with van der Waals surface area (Å²) < 4.78 is 1.80. The topological polar surface area (TPSA) is 41.9 Å². The summed E-state index contributed by atoms with van der Waals surface area (Å²) in [5.74, 6) is 1.57. The highest BCUT2D eigenvalue weighted by molar-refractivity contribution is 5.31. The molecule has 0 radical (unpaired) electrons. The van der Waals surface area contributed by atoms with Crippen LogP contribution < -0.4 is 10.6 Å². The summed E-state index contributed by atoms with van der Waals surface area (Å²) in [6, 6.07) is 1.98. The third kappa shape index (κ3) is 3.46. The van der Waals surface area contributed by atoms with Gasteiger partial charge in [0, 0.05) is 25.9 Å². The summed E-state index contributed by atoms with van der Waals surface area (Å²) in [7, 11) is 3.89. The van der Waals surface area contributed by atoms with Crippen molar-refractivity contribution in [1.29, 1.82) is 0 Å². The molecule has 1 unspecified atom stereocenters. The predicted octanol–water partition coefficient (Wildman–Crippen LogP) is 0.687. The smallest absolute Gasteiger partial charge is 0.147 e. The molecule has 0 aliphatic carbocycles. The number of aromatic nitrogens is 2. The van der Waals surface area contributed by atoms with Crippen LogP contribution in [-0.4, -0.2) is 29.9 Å². The van der Waals surface area contributed by atoms with Crippen molar-refractivity contribution in [3.8, 4) is 0 Å². The van der Waals surface area contributed by atoms with E-state index in [0.29, 0.717) is 5.92 Å². The minimum atomic E-state index is 0.618. The van der Waals surface area contributed by atoms with Crippen LogP contribution in [0.5, 0.6) is 0 Å². The molecule has 0 bridgehead atoms. The molecule has 4 nitrogen and oxygen atoms in total. The average molecular weight is 182 g/mol. The lowest BCUT2D eigenvalue weighted by atomic mass is 10.2. The molecule has 0 saturated carbocycles. The molecular formula is C9H18N4. The molecule has 0 amide bonds. The zero-order chi connectivity index (χ0) is 9.68. The second-order valence-corrected chi connectivity index (χ2v) is 3.42. The molecule has 1 aromatic rings. The molecule has 1 aromatic heterocycles. The van der Waals surface area contributed by atoms with Gasteiger partial charge in [0.05, 0.1) is 0 Å². The third-order valence-corrected chi connectivity index (χ3v) is 1.90. The summed E-state index contributed by atoms with van der Waals surface area (Å²) in [6.45, 7) is 4.18. The molecular weight excluding hydrogens is 164 g/mol. The fourth-order valence-electron chi connectivity index (χ4n) is 1.21. The van der Waals surface area contributed by atoms with Gasteiger partial charge in [0.1, 0.15) is 5.82 Å². The first kappa shape index (κ1) is 10.1. The van der Waals surface area contributed by atoms with Crippen LogP contribution in [-0.2, 0) is 7.05 Å². The lowest BCUT2D eigenvalue weighted by Gasteiger charge is -2.10. The van der Waals surface area contributed by atoms with Crippen LogP contribution in [0.1, 0.15) is 6.92 Å². The molecule has 1 heterocycles. The fourth-order valence-corrected chi connectivity index (χ4v) is 1.21. The van der Waals surface area contributed by atoms with Crippen LogP contribution in [0.15, 0.2) is 12.3 Å². The number of nitrogens with zero attached hydrogens (tertiary/aromatic N) is 2. The Hall–Kier alpha value is -1.03. The lowest BCUT2D eigenvalue weighted by molar-refractivity contribution is 0.568. The molecule has 2 N–H and O–H groups in total. The van der Waals surface area contributed by atoms with Gasteiger partial charge in [-0.1, -0.05) is 6.92 Å². The lowest BCUT2D eigenvalue weighted by Crippen LogP contribution is -2.22. The van der Waals surface area contributed by atoms with E-state index in [4.69, 9.17) is 0 Å². The first-order valence-electron chi connectivity index (χ1n) is 4.60. The van der Waals surface area contributed by atoms with Gasteiger partial charge in [0.2, 0.25) is 0 Å². The molecule has 4 heteroatoms. The highest BCUT2D eigenvalue weighted by Crippen LogP contribution is 2.02. The maximum atomic E-state index is 4.23. The van der Waals surface area contributed by atoms with E-state index in [-0.39, 0.29) is 0 Å².